The van der Waals surface area contributed by atoms with Crippen LogP contribution < -0.4 is 26.6 Å². The lowest BCUT2D eigenvalue weighted by atomic mass is 10.2. The fourth-order valence-electron chi connectivity index (χ4n) is 8.61. The van der Waals surface area contributed by atoms with E-state index in [2.05, 4.69) is 55.7 Å². The van der Waals surface area contributed by atoms with E-state index in [1.807, 2.05) is 45.1 Å². The predicted octanol–water partition coefficient (Wildman–Crippen LogP) is 12.5. The molecule has 0 unspecified atom stereocenters. The van der Waals surface area contributed by atoms with Gasteiger partial charge in [-0.25, -0.2) is 48.1 Å². The molecule has 11 heterocycles. The number of halogens is 6. The van der Waals surface area contributed by atoms with E-state index in [-0.39, 0.29) is 40.7 Å². The number of rotatable bonds is 10. The number of thiophene rings is 3. The zero-order valence-electron chi connectivity index (χ0n) is 43.4. The van der Waals surface area contributed by atoms with Crippen molar-refractivity contribution in [2.45, 2.75) is 37.8 Å². The maximum Gasteiger partial charge on any atom is 0.229 e. The lowest BCUT2D eigenvalue weighted by Gasteiger charge is -2.23. The number of aromatic nitrogens is 12. The van der Waals surface area contributed by atoms with Gasteiger partial charge >= 0.3 is 0 Å². The molecule has 14 rings (SSSR count). The summed E-state index contributed by atoms with van der Waals surface area (Å²) >= 11 is 21.8. The lowest BCUT2D eigenvalue weighted by Crippen LogP contribution is -2.33. The summed E-state index contributed by atoms with van der Waals surface area (Å²) in [6.07, 6.45) is 14.5. The molecule has 0 amide bonds. The van der Waals surface area contributed by atoms with E-state index in [9.17, 15) is 18.3 Å². The van der Waals surface area contributed by atoms with Crippen molar-refractivity contribution in [3.05, 3.63) is 178 Å². The Morgan fingerprint density at radius 1 is 0.554 bits per heavy atom. The van der Waals surface area contributed by atoms with Gasteiger partial charge in [0.15, 0.2) is 0 Å². The molecule has 0 aliphatic carbocycles. The van der Waals surface area contributed by atoms with Crippen molar-refractivity contribution in [2.24, 2.45) is 0 Å². The summed E-state index contributed by atoms with van der Waals surface area (Å²) in [6, 6.07) is 24.8. The molecule has 3 aromatic carbocycles. The topological polar surface area (TPSA) is 237 Å². The fraction of sp³-hybridized carbons (Fsp3) is 0.182. The van der Waals surface area contributed by atoms with Crippen molar-refractivity contribution < 1.29 is 23.4 Å². The molecule has 7 N–H and O–H groups in total. The molecule has 12 aromatic rings. The van der Waals surface area contributed by atoms with Crippen LogP contribution in [0.1, 0.15) is 25.7 Å². The molecule has 2 saturated heterocycles. The van der Waals surface area contributed by atoms with Crippen molar-refractivity contribution in [3.8, 4) is 17.1 Å². The van der Waals surface area contributed by atoms with Crippen LogP contribution in [0.5, 0.6) is 0 Å². The van der Waals surface area contributed by atoms with Gasteiger partial charge in [0.05, 0.1) is 48.6 Å². The minimum Gasteiger partial charge on any atom is -0.395 e. The molecule has 2 aliphatic rings. The van der Waals surface area contributed by atoms with Crippen LogP contribution in [0.3, 0.4) is 0 Å². The van der Waals surface area contributed by atoms with Crippen LogP contribution >= 0.6 is 68.8 Å². The van der Waals surface area contributed by atoms with Gasteiger partial charge in [-0.2, -0.15) is 9.97 Å². The van der Waals surface area contributed by atoms with E-state index in [1.54, 1.807) is 88.2 Å². The molecule has 9 aromatic heterocycles. The third-order valence-electron chi connectivity index (χ3n) is 12.7. The molecular formula is C55H49Cl3F3N17O2S3. The Balaban J connectivity index is 0.000000126. The Bertz CT molecular complexity index is 4040. The van der Waals surface area contributed by atoms with Crippen molar-refractivity contribution in [3.63, 3.8) is 0 Å². The summed E-state index contributed by atoms with van der Waals surface area (Å²) in [4.78, 5) is 42.8. The minimum atomic E-state index is -0.275. The van der Waals surface area contributed by atoms with Crippen LogP contribution in [-0.4, -0.2) is 107 Å². The van der Waals surface area contributed by atoms with Gasteiger partial charge in [-0.3, -0.25) is 0 Å². The first-order valence-corrected chi connectivity index (χ1v) is 29.3. The van der Waals surface area contributed by atoms with Crippen LogP contribution in [0.15, 0.2) is 145 Å². The molecular weight excluding hydrogens is 1190 g/mol. The van der Waals surface area contributed by atoms with Crippen molar-refractivity contribution in [1.82, 2.24) is 63.9 Å². The Labute approximate surface area is 498 Å². The molecule has 19 nitrogen and oxygen atoms in total. The van der Waals surface area contributed by atoms with Crippen molar-refractivity contribution in [2.75, 3.05) is 47.6 Å². The van der Waals surface area contributed by atoms with Gasteiger partial charge < -0.3 is 50.5 Å². The van der Waals surface area contributed by atoms with Gasteiger partial charge in [0.25, 0.3) is 0 Å². The van der Waals surface area contributed by atoms with E-state index in [0.29, 0.717) is 52.8 Å². The van der Waals surface area contributed by atoms with E-state index in [0.717, 1.165) is 80.1 Å². The number of fused-ring (bicyclic) bond motifs is 3. The highest BCUT2D eigenvalue weighted by Crippen LogP contribution is 2.33. The highest BCUT2D eigenvalue weighted by atomic mass is 35.5. The van der Waals surface area contributed by atoms with Gasteiger partial charge in [-0.05, 0) is 163 Å². The summed E-state index contributed by atoms with van der Waals surface area (Å²) in [5.41, 5.74) is 7.91. The molecule has 0 radical (unpaired) electrons. The van der Waals surface area contributed by atoms with Gasteiger partial charge in [-0.1, -0.05) is 11.6 Å². The number of imidazole rings is 3. The van der Waals surface area contributed by atoms with Gasteiger partial charge in [-0.15, -0.1) is 34.0 Å². The molecule has 28 heteroatoms. The smallest absolute Gasteiger partial charge is 0.229 e. The number of aliphatic hydroxyl groups is 2. The standard InChI is InChI=1S/C20H19FN6OS.C15H9ClFN5S.C9H8FN3.C6H2Cl2N2S.C5H11NO/c21-13-3-5-14(6-4-13)26-10-17(22-12-26)23-18-16-7-9-29-19(16)25-20(24-18)27-8-1-2-15(27)11-28;16-15-20-13(11-5-6-23-14(11)21-15)19-12-7-22(8-18-12)10-3-1-9(17)2-4-10;10-7-1-3-8(4-2-7)13-5-9(11)12-6-13;7-4-3-1-2-11-5(3)10-6(8)9-4;7-4-5-2-1-3-6-5/h3-7,9-10,12,15,28H,1-2,8,11H2,(H,23,24,25);1-8H,(H,19,20,21);1-6H,11H2;1-2H;5-7H,1-4H2/t15-;;;;5-/m0...0/s1. The van der Waals surface area contributed by atoms with E-state index < -0.39 is 0 Å². The number of nitrogens with zero attached hydrogens (tertiary/aromatic N) is 13. The largest absolute Gasteiger partial charge is 0.395 e. The summed E-state index contributed by atoms with van der Waals surface area (Å²) in [5, 5.41) is 37.0. The Morgan fingerprint density at radius 2 is 1.04 bits per heavy atom. The molecule has 2 atom stereocenters. The average Bonchev–Trinajstić information content (AvgIpc) is 4.45. The number of hydrogen-bond donors (Lipinski definition) is 6. The minimum absolute atomic E-state index is 0.0537. The Hall–Kier alpha value is -7.85. The quantitative estimate of drug-likeness (QED) is 0.0551. The Kier molecular flexibility index (Phi) is 19.3. The summed E-state index contributed by atoms with van der Waals surface area (Å²) in [7, 11) is 0. The number of nitrogens with two attached hydrogens (primary N) is 1. The van der Waals surface area contributed by atoms with Crippen molar-refractivity contribution in [1.29, 1.82) is 0 Å². The maximum atomic E-state index is 13.2. The van der Waals surface area contributed by atoms with E-state index >= 15 is 0 Å². The lowest BCUT2D eigenvalue weighted by molar-refractivity contribution is 0.255. The van der Waals surface area contributed by atoms with Gasteiger partial charge in [0.2, 0.25) is 16.5 Å². The van der Waals surface area contributed by atoms with Gasteiger partial charge in [0.1, 0.15) is 85.2 Å². The summed E-state index contributed by atoms with van der Waals surface area (Å²) in [6.45, 7) is 2.32. The number of benzene rings is 3. The van der Waals surface area contributed by atoms with Crippen LogP contribution in [0.2, 0.25) is 15.7 Å². The second-order valence-corrected chi connectivity index (χ2v) is 22.0. The maximum absolute atomic E-state index is 13.2. The molecule has 83 heavy (non-hydrogen) atoms. The first-order valence-electron chi connectivity index (χ1n) is 25.5. The van der Waals surface area contributed by atoms with E-state index in [1.165, 1.54) is 65.5 Å². The molecule has 0 saturated carbocycles. The van der Waals surface area contributed by atoms with Crippen LogP contribution in [-0.2, 0) is 0 Å². The summed E-state index contributed by atoms with van der Waals surface area (Å²) in [5.74, 6) is 2.79. The molecule has 2 aliphatic heterocycles. The Morgan fingerprint density at radius 3 is 1.52 bits per heavy atom. The SMILES string of the molecule is Clc1nc(Cl)c2ccsc2n1.Fc1ccc(-n2cnc(Nc3nc(Cl)nc4sccc34)c2)cc1.Nc1cn(-c2ccc(F)cc2)cn1.OC[C@@H]1CCCN1.OC[C@@H]1CCCN1c1nc(Nc2cn(-c3ccc(F)cc3)cn2)c2ccsc2n1. The second-order valence-electron chi connectivity index (χ2n) is 18.3. The zero-order valence-corrected chi connectivity index (χ0v) is 48.2. The number of nitrogen functional groups attached to an aromatic ring is 1. The van der Waals surface area contributed by atoms with Gasteiger partial charge in [0, 0.05) is 35.0 Å². The highest BCUT2D eigenvalue weighted by Gasteiger charge is 2.27. The third kappa shape index (κ3) is 15.0. The molecule has 0 spiro atoms. The molecule has 0 bridgehead atoms. The average molecular weight is 1240 g/mol. The predicted molar refractivity (Wildman–Crippen MR) is 324 cm³/mol. The molecule has 426 valence electrons. The molecule has 2 fully saturated rings. The number of anilines is 6. The second kappa shape index (κ2) is 27.5. The van der Waals surface area contributed by atoms with E-state index in [4.69, 9.17) is 55.6 Å². The summed E-state index contributed by atoms with van der Waals surface area (Å²) < 4.78 is 44.0. The van der Waals surface area contributed by atoms with Crippen LogP contribution in [0.25, 0.3) is 47.7 Å². The van der Waals surface area contributed by atoms with Crippen LogP contribution in [0.4, 0.5) is 48.2 Å². The van der Waals surface area contributed by atoms with Crippen molar-refractivity contribution >= 4 is 135 Å². The first kappa shape index (κ1) is 58.4. The zero-order chi connectivity index (χ0) is 57.8. The number of aliphatic hydroxyl groups excluding tert-OH is 2. The van der Waals surface area contributed by atoms with Crippen LogP contribution in [0, 0.1) is 17.5 Å². The number of hydrogen-bond acceptors (Lipinski definition) is 19. The fourth-order valence-corrected chi connectivity index (χ4v) is 11.7. The highest BCUT2D eigenvalue weighted by molar-refractivity contribution is 7.17. The monoisotopic (exact) mass is 1240 g/mol. The number of nitrogens with one attached hydrogen (secondary N) is 3. The third-order valence-corrected chi connectivity index (χ3v) is 15.8. The normalized spacial score (nSPS) is 14.5. The first-order chi connectivity index (χ1) is 40.4.